The van der Waals surface area contributed by atoms with E-state index < -0.39 is 0 Å². The van der Waals surface area contributed by atoms with Crippen molar-refractivity contribution in [3.8, 4) is 0 Å². The summed E-state index contributed by atoms with van der Waals surface area (Å²) in [5, 5.41) is 0.471. The fraction of sp³-hybridized carbons (Fsp3) is 0.167. The lowest BCUT2D eigenvalue weighted by Crippen LogP contribution is -2.09. The van der Waals surface area contributed by atoms with Crippen molar-refractivity contribution >= 4 is 17.6 Å². The van der Waals surface area contributed by atoms with Crippen molar-refractivity contribution < 1.29 is 0 Å². The normalized spacial score (nSPS) is 10.6. The van der Waals surface area contributed by atoms with Crippen LogP contribution in [-0.4, -0.2) is 9.97 Å². The molecule has 2 rings (SSSR count). The summed E-state index contributed by atoms with van der Waals surface area (Å²) < 4.78 is 0. The molecule has 5 nitrogen and oxygen atoms in total. The maximum absolute atomic E-state index is 11.3. The number of nitrogens with two attached hydrogens (primary N) is 2. The van der Waals surface area contributed by atoms with Gasteiger partial charge in [-0.25, -0.2) is 4.98 Å². The van der Waals surface area contributed by atoms with E-state index in [0.717, 1.165) is 16.0 Å². The summed E-state index contributed by atoms with van der Waals surface area (Å²) >= 11 is 1.35. The van der Waals surface area contributed by atoms with Crippen molar-refractivity contribution in [3.05, 3.63) is 45.7 Å². The summed E-state index contributed by atoms with van der Waals surface area (Å²) in [6.07, 6.45) is 0. The topological polar surface area (TPSA) is 97.8 Å². The third-order valence-electron chi connectivity index (χ3n) is 2.38. The van der Waals surface area contributed by atoms with Gasteiger partial charge in [0.2, 0.25) is 0 Å². The Balaban J connectivity index is 2.36. The molecule has 0 saturated heterocycles. The Bertz CT molecular complexity index is 624. The number of nitrogens with zero attached hydrogens (tertiary/aromatic N) is 1. The number of aromatic nitrogens is 2. The Labute approximate surface area is 109 Å². The third-order valence-corrected chi connectivity index (χ3v) is 3.39. The summed E-state index contributed by atoms with van der Waals surface area (Å²) in [5.74, 6) is 0.211. The summed E-state index contributed by atoms with van der Waals surface area (Å²) in [6, 6.07) is 7.23. The number of aryl methyl sites for hydroxylation is 1. The molecular formula is C12H14N4OS. The predicted molar refractivity (Wildman–Crippen MR) is 72.5 cm³/mol. The highest BCUT2D eigenvalue weighted by Crippen LogP contribution is 2.28. The Kier molecular flexibility index (Phi) is 3.69. The molecule has 0 aliphatic carbocycles. The molecule has 0 radical (unpaired) electrons. The van der Waals surface area contributed by atoms with Crippen LogP contribution in [0.3, 0.4) is 0 Å². The standard InChI is InChI=1S/C12H14N4OS/c1-7-2-3-9(8(4-7)6-13)18-12-15-10(14)5-11(17)16-12/h2-5H,6,13H2,1H3,(H3,14,15,16,17). The minimum absolute atomic E-state index is 0.211. The highest BCUT2D eigenvalue weighted by molar-refractivity contribution is 7.99. The van der Waals surface area contributed by atoms with E-state index in [2.05, 4.69) is 9.97 Å². The van der Waals surface area contributed by atoms with Crippen LogP contribution in [0.25, 0.3) is 0 Å². The SMILES string of the molecule is Cc1ccc(Sc2nc(N)cc(=O)[nH]2)c(CN)c1. The number of anilines is 1. The molecule has 0 aliphatic heterocycles. The van der Waals surface area contributed by atoms with Crippen LogP contribution in [-0.2, 0) is 6.54 Å². The van der Waals surface area contributed by atoms with E-state index in [1.807, 2.05) is 25.1 Å². The summed E-state index contributed by atoms with van der Waals surface area (Å²) in [4.78, 5) is 19.0. The zero-order valence-electron chi connectivity index (χ0n) is 9.93. The van der Waals surface area contributed by atoms with Gasteiger partial charge in [0.25, 0.3) is 5.56 Å². The first-order valence-electron chi connectivity index (χ1n) is 5.43. The molecule has 6 heteroatoms. The molecule has 0 fully saturated rings. The molecule has 0 aliphatic rings. The van der Waals surface area contributed by atoms with Gasteiger partial charge in [-0.1, -0.05) is 29.5 Å². The van der Waals surface area contributed by atoms with Gasteiger partial charge < -0.3 is 16.5 Å². The van der Waals surface area contributed by atoms with Crippen molar-refractivity contribution in [2.45, 2.75) is 23.5 Å². The molecule has 0 saturated carbocycles. The predicted octanol–water partition coefficient (Wildman–Crippen LogP) is 1.27. The number of hydrogen-bond donors (Lipinski definition) is 3. The second-order valence-corrected chi connectivity index (χ2v) is 4.92. The molecule has 94 valence electrons. The van der Waals surface area contributed by atoms with Crippen LogP contribution in [0, 0.1) is 6.92 Å². The number of benzene rings is 1. The molecule has 2 aromatic rings. The molecule has 0 amide bonds. The minimum Gasteiger partial charge on any atom is -0.383 e. The van der Waals surface area contributed by atoms with Crippen molar-refractivity contribution in [2.24, 2.45) is 5.73 Å². The first kappa shape index (κ1) is 12.7. The van der Waals surface area contributed by atoms with E-state index in [0.29, 0.717) is 11.7 Å². The maximum atomic E-state index is 11.3. The lowest BCUT2D eigenvalue weighted by atomic mass is 10.1. The first-order chi connectivity index (χ1) is 8.58. The van der Waals surface area contributed by atoms with E-state index in [-0.39, 0.29) is 11.4 Å². The zero-order chi connectivity index (χ0) is 13.1. The number of aromatic amines is 1. The Morgan fingerprint density at radius 3 is 2.83 bits per heavy atom. The fourth-order valence-corrected chi connectivity index (χ4v) is 2.49. The van der Waals surface area contributed by atoms with Gasteiger partial charge >= 0.3 is 0 Å². The van der Waals surface area contributed by atoms with E-state index >= 15 is 0 Å². The summed E-state index contributed by atoms with van der Waals surface area (Å²) in [6.45, 7) is 2.45. The highest BCUT2D eigenvalue weighted by Gasteiger charge is 2.06. The quantitative estimate of drug-likeness (QED) is 0.724. The van der Waals surface area contributed by atoms with Gasteiger partial charge in [-0.3, -0.25) is 4.79 Å². The van der Waals surface area contributed by atoms with Crippen LogP contribution < -0.4 is 17.0 Å². The molecule has 0 bridgehead atoms. The summed E-state index contributed by atoms with van der Waals surface area (Å²) in [5.41, 5.74) is 13.1. The average molecular weight is 262 g/mol. The molecule has 0 unspecified atom stereocenters. The van der Waals surface area contributed by atoms with Crippen molar-refractivity contribution in [2.75, 3.05) is 5.73 Å². The Morgan fingerprint density at radius 1 is 1.39 bits per heavy atom. The van der Waals surface area contributed by atoms with Crippen LogP contribution in [0.4, 0.5) is 5.82 Å². The molecule has 1 heterocycles. The van der Waals surface area contributed by atoms with Gasteiger partial charge in [0.05, 0.1) is 0 Å². The number of H-pyrrole nitrogens is 1. The minimum atomic E-state index is -0.258. The second-order valence-electron chi connectivity index (χ2n) is 3.89. The lowest BCUT2D eigenvalue weighted by Gasteiger charge is -2.08. The van der Waals surface area contributed by atoms with Crippen LogP contribution in [0.1, 0.15) is 11.1 Å². The molecule has 1 aromatic carbocycles. The van der Waals surface area contributed by atoms with E-state index in [1.54, 1.807) is 0 Å². The van der Waals surface area contributed by atoms with Gasteiger partial charge in [0.15, 0.2) is 5.16 Å². The first-order valence-corrected chi connectivity index (χ1v) is 6.24. The van der Waals surface area contributed by atoms with Crippen molar-refractivity contribution in [1.82, 2.24) is 9.97 Å². The Hall–Kier alpha value is -1.79. The van der Waals surface area contributed by atoms with Crippen molar-refractivity contribution in [3.63, 3.8) is 0 Å². The third kappa shape index (κ3) is 2.91. The average Bonchev–Trinajstić information content (AvgIpc) is 2.30. The number of nitrogen functional groups attached to an aromatic ring is 1. The van der Waals surface area contributed by atoms with Crippen LogP contribution in [0.15, 0.2) is 39.1 Å². The largest absolute Gasteiger partial charge is 0.383 e. The maximum Gasteiger partial charge on any atom is 0.253 e. The number of hydrogen-bond acceptors (Lipinski definition) is 5. The van der Waals surface area contributed by atoms with Gasteiger partial charge in [0.1, 0.15) is 5.82 Å². The Morgan fingerprint density at radius 2 is 2.17 bits per heavy atom. The van der Waals surface area contributed by atoms with Crippen LogP contribution in [0.5, 0.6) is 0 Å². The van der Waals surface area contributed by atoms with E-state index in [1.165, 1.54) is 17.8 Å². The van der Waals surface area contributed by atoms with Gasteiger partial charge in [0, 0.05) is 17.5 Å². The monoisotopic (exact) mass is 262 g/mol. The lowest BCUT2D eigenvalue weighted by molar-refractivity contribution is 0.940. The van der Waals surface area contributed by atoms with E-state index in [4.69, 9.17) is 11.5 Å². The van der Waals surface area contributed by atoms with E-state index in [9.17, 15) is 4.79 Å². The molecule has 1 aromatic heterocycles. The van der Waals surface area contributed by atoms with Gasteiger partial charge in [-0.2, -0.15) is 0 Å². The smallest absolute Gasteiger partial charge is 0.253 e. The van der Waals surface area contributed by atoms with Gasteiger partial charge in [-0.15, -0.1) is 0 Å². The molecule has 5 N–H and O–H groups in total. The van der Waals surface area contributed by atoms with Crippen LogP contribution in [0.2, 0.25) is 0 Å². The molecular weight excluding hydrogens is 248 g/mol. The zero-order valence-corrected chi connectivity index (χ0v) is 10.8. The van der Waals surface area contributed by atoms with Crippen molar-refractivity contribution in [1.29, 1.82) is 0 Å². The fourth-order valence-electron chi connectivity index (χ4n) is 1.57. The van der Waals surface area contributed by atoms with Crippen LogP contribution >= 0.6 is 11.8 Å². The van der Waals surface area contributed by atoms with Gasteiger partial charge in [-0.05, 0) is 18.6 Å². The second kappa shape index (κ2) is 5.24. The molecule has 18 heavy (non-hydrogen) atoms. The number of nitrogens with one attached hydrogen (secondary N) is 1. The molecule has 0 atom stereocenters. The summed E-state index contributed by atoms with van der Waals surface area (Å²) in [7, 11) is 0. The highest BCUT2D eigenvalue weighted by atomic mass is 32.2. The molecule has 0 spiro atoms. The number of rotatable bonds is 3.